The van der Waals surface area contributed by atoms with Crippen LogP contribution in [-0.4, -0.2) is 0 Å². The summed E-state index contributed by atoms with van der Waals surface area (Å²) >= 11 is 0. The summed E-state index contributed by atoms with van der Waals surface area (Å²) in [5.41, 5.74) is 2.76. The molecule has 1 saturated carbocycles. The SMILES string of the molecule is CCC1CCC(c2ccc(-c3ccc(C)cc3)c(F)c2F)CC1. The number of rotatable bonds is 3. The fraction of sp³-hybridized carbons (Fsp3) is 0.429. The van der Waals surface area contributed by atoms with E-state index in [0.29, 0.717) is 11.1 Å². The molecule has 0 amide bonds. The van der Waals surface area contributed by atoms with Gasteiger partial charge in [-0.25, -0.2) is 8.78 Å². The third-order valence-electron chi connectivity index (χ3n) is 5.34. The van der Waals surface area contributed by atoms with E-state index in [9.17, 15) is 8.78 Å². The molecule has 122 valence electrons. The van der Waals surface area contributed by atoms with Crippen LogP contribution in [0.1, 0.15) is 56.1 Å². The Morgan fingerprint density at radius 1 is 0.870 bits per heavy atom. The average Bonchev–Trinajstić information content (AvgIpc) is 2.58. The normalized spacial score (nSPS) is 21.4. The lowest BCUT2D eigenvalue weighted by Crippen LogP contribution is -2.14. The molecule has 0 heterocycles. The van der Waals surface area contributed by atoms with Gasteiger partial charge in [-0.3, -0.25) is 0 Å². The highest BCUT2D eigenvalue weighted by molar-refractivity contribution is 5.65. The molecule has 23 heavy (non-hydrogen) atoms. The van der Waals surface area contributed by atoms with E-state index in [2.05, 4.69) is 6.92 Å². The summed E-state index contributed by atoms with van der Waals surface area (Å²) in [6.45, 7) is 4.19. The van der Waals surface area contributed by atoms with Gasteiger partial charge in [0.15, 0.2) is 11.6 Å². The minimum atomic E-state index is -0.705. The van der Waals surface area contributed by atoms with Crippen LogP contribution in [0, 0.1) is 24.5 Å². The predicted molar refractivity (Wildman–Crippen MR) is 91.5 cm³/mol. The van der Waals surface area contributed by atoms with Crippen LogP contribution in [-0.2, 0) is 0 Å². The fourth-order valence-electron chi connectivity index (χ4n) is 3.72. The molecule has 0 radical (unpaired) electrons. The van der Waals surface area contributed by atoms with Gasteiger partial charge in [-0.1, -0.05) is 55.3 Å². The lowest BCUT2D eigenvalue weighted by molar-refractivity contribution is 0.312. The maximum atomic E-state index is 14.6. The van der Waals surface area contributed by atoms with Crippen molar-refractivity contribution in [3.63, 3.8) is 0 Å². The van der Waals surface area contributed by atoms with Gasteiger partial charge in [-0.15, -0.1) is 0 Å². The van der Waals surface area contributed by atoms with E-state index < -0.39 is 11.6 Å². The maximum absolute atomic E-state index is 14.6. The maximum Gasteiger partial charge on any atom is 0.166 e. The standard InChI is InChI=1S/C21H24F2/c1-3-15-6-10-17(11-7-15)19-13-12-18(20(22)21(19)23)16-8-4-14(2)5-9-16/h4-5,8-9,12-13,15,17H,3,6-7,10-11H2,1-2H3. The van der Waals surface area contributed by atoms with Crippen molar-refractivity contribution in [2.45, 2.75) is 51.9 Å². The molecule has 3 rings (SSSR count). The zero-order chi connectivity index (χ0) is 16.4. The molecule has 1 fully saturated rings. The van der Waals surface area contributed by atoms with Gasteiger partial charge in [0.05, 0.1) is 0 Å². The molecule has 2 heteroatoms. The van der Waals surface area contributed by atoms with E-state index in [1.807, 2.05) is 31.2 Å². The first kappa shape index (κ1) is 16.2. The van der Waals surface area contributed by atoms with Crippen LogP contribution in [0.4, 0.5) is 8.78 Å². The molecule has 2 aromatic carbocycles. The molecule has 0 saturated heterocycles. The second-order valence-electron chi connectivity index (χ2n) is 6.82. The van der Waals surface area contributed by atoms with Crippen LogP contribution in [0.2, 0.25) is 0 Å². The summed E-state index contributed by atoms with van der Waals surface area (Å²) in [5.74, 6) is -0.433. The molecule has 0 nitrogen and oxygen atoms in total. The van der Waals surface area contributed by atoms with Crippen molar-refractivity contribution >= 4 is 0 Å². The molecule has 0 aromatic heterocycles. The molecular weight excluding hydrogens is 290 g/mol. The van der Waals surface area contributed by atoms with E-state index in [1.54, 1.807) is 12.1 Å². The second-order valence-corrected chi connectivity index (χ2v) is 6.82. The molecule has 0 atom stereocenters. The van der Waals surface area contributed by atoms with E-state index in [1.165, 1.54) is 6.42 Å². The fourth-order valence-corrected chi connectivity index (χ4v) is 3.72. The molecule has 1 aliphatic carbocycles. The van der Waals surface area contributed by atoms with Crippen LogP contribution in [0.25, 0.3) is 11.1 Å². The van der Waals surface area contributed by atoms with Crippen molar-refractivity contribution in [2.75, 3.05) is 0 Å². The molecule has 0 bridgehead atoms. The van der Waals surface area contributed by atoms with Crippen molar-refractivity contribution < 1.29 is 8.78 Å². The van der Waals surface area contributed by atoms with Crippen LogP contribution in [0.3, 0.4) is 0 Å². The van der Waals surface area contributed by atoms with Gasteiger partial charge in [0, 0.05) is 5.56 Å². The van der Waals surface area contributed by atoms with Gasteiger partial charge in [0.2, 0.25) is 0 Å². The monoisotopic (exact) mass is 314 g/mol. The Labute approximate surface area is 137 Å². The van der Waals surface area contributed by atoms with Gasteiger partial charge in [0.25, 0.3) is 0 Å². The third-order valence-corrected chi connectivity index (χ3v) is 5.34. The topological polar surface area (TPSA) is 0 Å². The number of halogens is 2. The third kappa shape index (κ3) is 3.31. The first-order valence-electron chi connectivity index (χ1n) is 8.65. The number of aryl methyl sites for hydroxylation is 1. The van der Waals surface area contributed by atoms with Crippen LogP contribution in [0.15, 0.2) is 36.4 Å². The van der Waals surface area contributed by atoms with Crippen LogP contribution in [0.5, 0.6) is 0 Å². The number of benzene rings is 2. The van der Waals surface area contributed by atoms with E-state index in [4.69, 9.17) is 0 Å². The van der Waals surface area contributed by atoms with Crippen LogP contribution >= 0.6 is 0 Å². The zero-order valence-corrected chi connectivity index (χ0v) is 13.9. The van der Waals surface area contributed by atoms with Crippen molar-refractivity contribution in [3.05, 3.63) is 59.2 Å². The van der Waals surface area contributed by atoms with Crippen LogP contribution < -0.4 is 0 Å². The van der Waals surface area contributed by atoms with Crippen molar-refractivity contribution in [3.8, 4) is 11.1 Å². The van der Waals surface area contributed by atoms with Crippen molar-refractivity contribution in [1.29, 1.82) is 0 Å². The molecule has 0 aliphatic heterocycles. The summed E-state index contributed by atoms with van der Waals surface area (Å²) in [6.07, 6.45) is 5.39. The minimum absolute atomic E-state index is 0.166. The molecule has 0 N–H and O–H groups in total. The van der Waals surface area contributed by atoms with E-state index >= 15 is 0 Å². The van der Waals surface area contributed by atoms with E-state index in [-0.39, 0.29) is 5.92 Å². The molecule has 0 unspecified atom stereocenters. The summed E-state index contributed by atoms with van der Waals surface area (Å²) in [5, 5.41) is 0. The molecule has 1 aliphatic rings. The van der Waals surface area contributed by atoms with Gasteiger partial charge in [-0.2, -0.15) is 0 Å². The lowest BCUT2D eigenvalue weighted by Gasteiger charge is -2.28. The highest BCUT2D eigenvalue weighted by atomic mass is 19.2. The van der Waals surface area contributed by atoms with Crippen molar-refractivity contribution in [2.24, 2.45) is 5.92 Å². The number of hydrogen-bond acceptors (Lipinski definition) is 0. The predicted octanol–water partition coefficient (Wildman–Crippen LogP) is 6.62. The van der Waals surface area contributed by atoms with Gasteiger partial charge >= 0.3 is 0 Å². The molecular formula is C21H24F2. The second kappa shape index (κ2) is 6.82. The highest BCUT2D eigenvalue weighted by Crippen LogP contribution is 2.39. The summed E-state index contributed by atoms with van der Waals surface area (Å²) in [7, 11) is 0. The Kier molecular flexibility index (Phi) is 4.79. The Balaban J connectivity index is 1.87. The van der Waals surface area contributed by atoms with Gasteiger partial charge in [0.1, 0.15) is 0 Å². The summed E-state index contributed by atoms with van der Waals surface area (Å²) in [4.78, 5) is 0. The minimum Gasteiger partial charge on any atom is -0.203 e. The van der Waals surface area contributed by atoms with Gasteiger partial charge in [-0.05, 0) is 55.6 Å². The Morgan fingerprint density at radius 2 is 1.52 bits per heavy atom. The Bertz CT molecular complexity index is 665. The smallest absolute Gasteiger partial charge is 0.166 e. The zero-order valence-electron chi connectivity index (χ0n) is 13.9. The lowest BCUT2D eigenvalue weighted by atomic mass is 9.77. The Morgan fingerprint density at radius 3 is 2.13 bits per heavy atom. The quantitative estimate of drug-likeness (QED) is 0.597. The molecule has 2 aromatic rings. The largest absolute Gasteiger partial charge is 0.203 e. The van der Waals surface area contributed by atoms with E-state index in [0.717, 1.165) is 42.7 Å². The average molecular weight is 314 g/mol. The first-order chi connectivity index (χ1) is 11.1. The molecule has 0 spiro atoms. The highest BCUT2D eigenvalue weighted by Gasteiger charge is 2.25. The Hall–Kier alpha value is -1.70. The number of hydrogen-bond donors (Lipinski definition) is 0. The van der Waals surface area contributed by atoms with Crippen molar-refractivity contribution in [1.82, 2.24) is 0 Å². The summed E-state index contributed by atoms with van der Waals surface area (Å²) < 4.78 is 29.2. The van der Waals surface area contributed by atoms with Gasteiger partial charge < -0.3 is 0 Å². The first-order valence-corrected chi connectivity index (χ1v) is 8.65. The summed E-state index contributed by atoms with van der Waals surface area (Å²) in [6, 6.07) is 11.1.